The maximum atomic E-state index is 13.6. The van der Waals surface area contributed by atoms with E-state index in [2.05, 4.69) is 5.32 Å². The van der Waals surface area contributed by atoms with E-state index in [9.17, 15) is 24.0 Å². The summed E-state index contributed by atoms with van der Waals surface area (Å²) in [5.74, 6) is -0.966. The number of carbonyl (C=O) groups is 4. The van der Waals surface area contributed by atoms with Gasteiger partial charge in [0.1, 0.15) is 11.6 Å². The summed E-state index contributed by atoms with van der Waals surface area (Å²) in [5.41, 5.74) is 1.53. The molecule has 11 nitrogen and oxygen atoms in total. The molecule has 5 rings (SSSR count). The Labute approximate surface area is 208 Å². The Balaban J connectivity index is 1.49. The number of aryl methyl sites for hydroxylation is 2. The van der Waals surface area contributed by atoms with Gasteiger partial charge in [0.2, 0.25) is 11.8 Å². The highest BCUT2D eigenvalue weighted by atomic mass is 16.6. The van der Waals surface area contributed by atoms with Crippen LogP contribution < -0.4 is 11.0 Å². The fourth-order valence-corrected chi connectivity index (χ4v) is 5.56. The van der Waals surface area contributed by atoms with Crippen molar-refractivity contribution in [1.29, 1.82) is 0 Å². The van der Waals surface area contributed by atoms with E-state index in [1.165, 1.54) is 9.13 Å². The van der Waals surface area contributed by atoms with Crippen LogP contribution in [0, 0.1) is 0 Å². The van der Waals surface area contributed by atoms with Crippen molar-refractivity contribution in [2.45, 2.75) is 64.1 Å². The van der Waals surface area contributed by atoms with E-state index in [1.807, 2.05) is 25.7 Å². The van der Waals surface area contributed by atoms with E-state index >= 15 is 0 Å². The number of piperidine rings is 1. The van der Waals surface area contributed by atoms with E-state index in [-0.39, 0.29) is 42.5 Å². The van der Waals surface area contributed by atoms with Gasteiger partial charge in [0, 0.05) is 38.7 Å². The molecule has 36 heavy (non-hydrogen) atoms. The number of benzene rings is 1. The Morgan fingerprint density at radius 3 is 2.50 bits per heavy atom. The Hall–Kier alpha value is -3.63. The lowest BCUT2D eigenvalue weighted by Crippen LogP contribution is -2.56. The van der Waals surface area contributed by atoms with Crippen molar-refractivity contribution >= 4 is 34.8 Å². The molecule has 0 saturated carbocycles. The van der Waals surface area contributed by atoms with E-state index in [0.29, 0.717) is 49.1 Å². The maximum absolute atomic E-state index is 13.6. The highest BCUT2D eigenvalue weighted by Crippen LogP contribution is 2.32. The first kappa shape index (κ1) is 24.1. The second kappa shape index (κ2) is 8.49. The number of hydrogen-bond acceptors (Lipinski definition) is 6. The topological polar surface area (TPSA) is 123 Å². The molecule has 0 radical (unpaired) electrons. The number of rotatable bonds is 1. The van der Waals surface area contributed by atoms with E-state index in [1.54, 1.807) is 24.1 Å². The Bertz CT molecular complexity index is 1350. The van der Waals surface area contributed by atoms with Crippen LogP contribution in [-0.4, -0.2) is 74.0 Å². The van der Waals surface area contributed by atoms with Gasteiger partial charge in [0.15, 0.2) is 0 Å². The number of imidazole rings is 1. The third kappa shape index (κ3) is 3.96. The molecule has 0 bridgehead atoms. The van der Waals surface area contributed by atoms with Crippen LogP contribution >= 0.6 is 0 Å². The average molecular weight is 498 g/mol. The number of nitrogens with one attached hydrogen (secondary N) is 1. The number of piperazine rings is 1. The Morgan fingerprint density at radius 1 is 1.06 bits per heavy atom. The average Bonchev–Trinajstić information content (AvgIpc) is 2.96. The lowest BCUT2D eigenvalue weighted by atomic mass is 9.99. The molecule has 2 aromatic rings. The zero-order chi connectivity index (χ0) is 25.9. The van der Waals surface area contributed by atoms with Gasteiger partial charge in [-0.15, -0.1) is 0 Å². The molecule has 0 spiro atoms. The number of ether oxygens (including phenoxy) is 1. The van der Waals surface area contributed by atoms with Gasteiger partial charge >= 0.3 is 11.8 Å². The van der Waals surface area contributed by atoms with E-state index < -0.39 is 17.6 Å². The van der Waals surface area contributed by atoms with Crippen molar-refractivity contribution in [1.82, 2.24) is 24.3 Å². The fraction of sp³-hybridized carbons (Fsp3) is 0.560. The highest BCUT2D eigenvalue weighted by Gasteiger charge is 2.39. The SMILES string of the molecule is Cn1c(=O)n(C2CCC(=O)NC2=O)c2ccc3c(c21)CC[C@@H]1CN(C(=O)OC(C)(C)C)CCN1C3=O. The summed E-state index contributed by atoms with van der Waals surface area (Å²) in [4.78, 5) is 67.1. The zero-order valence-corrected chi connectivity index (χ0v) is 21.0. The maximum Gasteiger partial charge on any atom is 0.410 e. The molecular formula is C25H31N5O6. The van der Waals surface area contributed by atoms with Crippen LogP contribution in [0.15, 0.2) is 16.9 Å². The van der Waals surface area contributed by atoms with Gasteiger partial charge in [-0.25, -0.2) is 9.59 Å². The van der Waals surface area contributed by atoms with Crippen molar-refractivity contribution < 1.29 is 23.9 Å². The summed E-state index contributed by atoms with van der Waals surface area (Å²) < 4.78 is 8.45. The third-order valence-electron chi connectivity index (χ3n) is 7.22. The van der Waals surface area contributed by atoms with Crippen LogP contribution in [0.3, 0.4) is 0 Å². The van der Waals surface area contributed by atoms with Crippen LogP contribution in [-0.2, 0) is 27.8 Å². The molecule has 11 heteroatoms. The minimum absolute atomic E-state index is 0.126. The number of aromatic nitrogens is 2. The molecule has 2 saturated heterocycles. The Kier molecular flexibility index (Phi) is 5.68. The van der Waals surface area contributed by atoms with Crippen molar-refractivity contribution in [3.63, 3.8) is 0 Å². The number of imide groups is 1. The molecule has 3 aliphatic heterocycles. The summed E-state index contributed by atoms with van der Waals surface area (Å²) in [5, 5.41) is 2.32. The summed E-state index contributed by atoms with van der Waals surface area (Å²) >= 11 is 0. The molecule has 1 aromatic heterocycles. The predicted octanol–water partition coefficient (Wildman–Crippen LogP) is 1.33. The van der Waals surface area contributed by atoms with Crippen LogP contribution in [0.4, 0.5) is 4.79 Å². The smallest absolute Gasteiger partial charge is 0.410 e. The fourth-order valence-electron chi connectivity index (χ4n) is 5.56. The van der Waals surface area contributed by atoms with Gasteiger partial charge in [-0.2, -0.15) is 0 Å². The van der Waals surface area contributed by atoms with Crippen molar-refractivity contribution in [3.8, 4) is 0 Å². The van der Waals surface area contributed by atoms with Crippen molar-refractivity contribution in [3.05, 3.63) is 33.7 Å². The molecule has 2 atom stereocenters. The van der Waals surface area contributed by atoms with Crippen LogP contribution in [0.25, 0.3) is 11.0 Å². The van der Waals surface area contributed by atoms with Crippen LogP contribution in [0.5, 0.6) is 0 Å². The number of nitrogens with zero attached hydrogens (tertiary/aromatic N) is 4. The summed E-state index contributed by atoms with van der Waals surface area (Å²) in [6.07, 6.45) is 1.18. The van der Waals surface area contributed by atoms with Crippen LogP contribution in [0.2, 0.25) is 0 Å². The van der Waals surface area contributed by atoms with Gasteiger partial charge in [0.25, 0.3) is 5.91 Å². The first-order valence-corrected chi connectivity index (χ1v) is 12.3. The summed E-state index contributed by atoms with van der Waals surface area (Å²) in [6, 6.07) is 2.49. The van der Waals surface area contributed by atoms with Gasteiger partial charge in [-0.05, 0) is 57.7 Å². The monoisotopic (exact) mass is 497 g/mol. The van der Waals surface area contributed by atoms with Gasteiger partial charge < -0.3 is 14.5 Å². The lowest BCUT2D eigenvalue weighted by Gasteiger charge is -2.40. The van der Waals surface area contributed by atoms with E-state index in [4.69, 9.17) is 4.74 Å². The first-order chi connectivity index (χ1) is 17.0. The zero-order valence-electron chi connectivity index (χ0n) is 21.0. The molecule has 4 amide bonds. The molecule has 1 unspecified atom stereocenters. The summed E-state index contributed by atoms with van der Waals surface area (Å²) in [7, 11) is 1.64. The minimum Gasteiger partial charge on any atom is -0.444 e. The molecule has 1 aromatic carbocycles. The van der Waals surface area contributed by atoms with Gasteiger partial charge in [-0.3, -0.25) is 28.8 Å². The first-order valence-electron chi connectivity index (χ1n) is 12.3. The summed E-state index contributed by atoms with van der Waals surface area (Å²) in [6.45, 7) is 6.64. The third-order valence-corrected chi connectivity index (χ3v) is 7.22. The highest BCUT2D eigenvalue weighted by molar-refractivity contribution is 6.02. The standard InChI is InChI=1S/C25H31N5O6/c1-25(2,3)36-24(35)28-11-12-29-14(13-28)5-6-15-16(22(29)33)7-8-17-20(15)27(4)23(34)30(17)18-9-10-19(31)26-21(18)32/h7-8,14,18H,5-6,9-13H2,1-4H3,(H,26,31,32)/t14-,18?/m1/s1. The lowest BCUT2D eigenvalue weighted by molar-refractivity contribution is -0.135. The number of fused-ring (bicyclic) bond motifs is 4. The Morgan fingerprint density at radius 2 is 1.81 bits per heavy atom. The molecule has 3 aliphatic rings. The number of amides is 4. The second-order valence-electron chi connectivity index (χ2n) is 10.8. The second-order valence-corrected chi connectivity index (χ2v) is 10.8. The minimum atomic E-state index is -0.785. The number of carbonyl (C=O) groups excluding carboxylic acids is 4. The molecule has 4 heterocycles. The molecule has 192 valence electrons. The largest absolute Gasteiger partial charge is 0.444 e. The van der Waals surface area contributed by atoms with Crippen LogP contribution in [0.1, 0.15) is 62.0 Å². The predicted molar refractivity (Wildman–Crippen MR) is 130 cm³/mol. The van der Waals surface area contributed by atoms with Gasteiger partial charge in [-0.1, -0.05) is 0 Å². The molecular weight excluding hydrogens is 466 g/mol. The number of hydrogen-bond donors (Lipinski definition) is 1. The molecule has 2 fully saturated rings. The molecule has 1 N–H and O–H groups in total. The molecule has 0 aliphatic carbocycles. The van der Waals surface area contributed by atoms with Gasteiger partial charge in [0.05, 0.1) is 17.1 Å². The quantitative estimate of drug-likeness (QED) is 0.593. The van der Waals surface area contributed by atoms with Crippen molar-refractivity contribution in [2.75, 3.05) is 19.6 Å². The normalized spacial score (nSPS) is 22.7. The van der Waals surface area contributed by atoms with Crippen molar-refractivity contribution in [2.24, 2.45) is 7.05 Å². The van der Waals surface area contributed by atoms with E-state index in [0.717, 1.165) is 5.56 Å².